The number of piperidine rings is 1. The Kier molecular flexibility index (Phi) is 4.95. The van der Waals surface area contributed by atoms with Crippen molar-refractivity contribution >= 4 is 0 Å². The van der Waals surface area contributed by atoms with E-state index in [4.69, 9.17) is 5.11 Å². The Hall–Kier alpha value is -0.200. The van der Waals surface area contributed by atoms with Crippen molar-refractivity contribution in [3.63, 3.8) is 0 Å². The van der Waals surface area contributed by atoms with Gasteiger partial charge in [0.1, 0.15) is 12.2 Å². The van der Waals surface area contributed by atoms with Gasteiger partial charge in [-0.05, 0) is 13.0 Å². The fraction of sp³-hybridized carbons (Fsp3) is 1.00. The van der Waals surface area contributed by atoms with Gasteiger partial charge in [-0.25, -0.2) is 0 Å². The van der Waals surface area contributed by atoms with Crippen LogP contribution in [0.15, 0.2) is 0 Å². The van der Waals surface area contributed by atoms with Gasteiger partial charge in [-0.3, -0.25) is 4.90 Å². The van der Waals surface area contributed by atoms with Crippen LogP contribution in [0.1, 0.15) is 19.8 Å². The summed E-state index contributed by atoms with van der Waals surface area (Å²) in [6.45, 7) is 2.89. The molecule has 0 aromatic heterocycles. The molecule has 1 heterocycles. The predicted octanol–water partition coefficient (Wildman–Crippen LogP) is -1.45. The Labute approximate surface area is 90.0 Å². The van der Waals surface area contributed by atoms with E-state index in [0.717, 1.165) is 19.4 Å². The summed E-state index contributed by atoms with van der Waals surface area (Å²) in [4.78, 5) is 1.84. The molecule has 1 saturated heterocycles. The predicted molar refractivity (Wildman–Crippen MR) is 55.4 cm³/mol. The molecular formula is C10H21NO4. The van der Waals surface area contributed by atoms with Crippen molar-refractivity contribution in [3.8, 4) is 0 Å². The zero-order chi connectivity index (χ0) is 11.4. The van der Waals surface area contributed by atoms with Gasteiger partial charge in [0.05, 0.1) is 18.8 Å². The fourth-order valence-electron chi connectivity index (χ4n) is 2.00. The molecule has 1 unspecified atom stereocenters. The molecule has 0 saturated carbocycles. The first-order valence-electron chi connectivity index (χ1n) is 5.51. The van der Waals surface area contributed by atoms with Crippen LogP contribution in [-0.2, 0) is 0 Å². The number of aliphatic hydroxyl groups is 4. The van der Waals surface area contributed by atoms with Crippen LogP contribution in [0.3, 0.4) is 0 Å². The average molecular weight is 219 g/mol. The summed E-state index contributed by atoms with van der Waals surface area (Å²) >= 11 is 0. The van der Waals surface area contributed by atoms with E-state index in [-0.39, 0.29) is 6.61 Å². The molecule has 5 heteroatoms. The number of hydrogen-bond donors (Lipinski definition) is 4. The maximum absolute atomic E-state index is 9.67. The Balaban J connectivity index is 2.60. The van der Waals surface area contributed by atoms with Crippen molar-refractivity contribution in [2.45, 2.75) is 44.1 Å². The molecule has 0 radical (unpaired) electrons. The molecule has 4 N–H and O–H groups in total. The maximum Gasteiger partial charge on any atom is 0.109 e. The molecule has 5 nitrogen and oxygen atoms in total. The Morgan fingerprint density at radius 3 is 2.40 bits per heavy atom. The summed E-state index contributed by atoms with van der Waals surface area (Å²) in [6.07, 6.45) is -1.19. The number of nitrogens with zero attached hydrogens (tertiary/aromatic N) is 1. The van der Waals surface area contributed by atoms with Crippen molar-refractivity contribution < 1.29 is 20.4 Å². The molecule has 0 spiro atoms. The number of hydrogen-bond acceptors (Lipinski definition) is 5. The van der Waals surface area contributed by atoms with Gasteiger partial charge in [0, 0.05) is 6.54 Å². The minimum Gasteiger partial charge on any atom is -0.395 e. The van der Waals surface area contributed by atoms with Gasteiger partial charge in [0.2, 0.25) is 0 Å². The van der Waals surface area contributed by atoms with Crippen molar-refractivity contribution in [2.24, 2.45) is 0 Å². The highest BCUT2D eigenvalue weighted by Crippen LogP contribution is 2.19. The quantitative estimate of drug-likeness (QED) is 0.465. The minimum atomic E-state index is -1.15. The Morgan fingerprint density at radius 2 is 1.87 bits per heavy atom. The molecular weight excluding hydrogens is 198 g/mol. The number of unbranched alkanes of at least 4 members (excludes halogenated alkanes) is 1. The van der Waals surface area contributed by atoms with Crippen molar-refractivity contribution in [3.05, 3.63) is 0 Å². The van der Waals surface area contributed by atoms with E-state index in [1.165, 1.54) is 0 Å². The molecule has 1 rings (SSSR count). The molecule has 1 fully saturated rings. The first-order valence-corrected chi connectivity index (χ1v) is 5.51. The topological polar surface area (TPSA) is 84.2 Å². The molecule has 1 aliphatic rings. The van der Waals surface area contributed by atoms with Gasteiger partial charge < -0.3 is 20.4 Å². The number of β-amino-alcohol motifs (C(OH)–C–C–N with tert-alkyl or cyclic N) is 1. The van der Waals surface area contributed by atoms with Crippen LogP contribution < -0.4 is 0 Å². The highest BCUT2D eigenvalue weighted by molar-refractivity contribution is 4.93. The van der Waals surface area contributed by atoms with E-state index in [9.17, 15) is 15.3 Å². The summed E-state index contributed by atoms with van der Waals surface area (Å²) < 4.78 is 0. The summed E-state index contributed by atoms with van der Waals surface area (Å²) in [6, 6.07) is -0.463. The fourth-order valence-corrected chi connectivity index (χ4v) is 2.00. The van der Waals surface area contributed by atoms with E-state index in [2.05, 4.69) is 6.92 Å². The third-order valence-corrected chi connectivity index (χ3v) is 3.01. The lowest BCUT2D eigenvalue weighted by Crippen LogP contribution is -2.62. The third-order valence-electron chi connectivity index (χ3n) is 3.01. The first kappa shape index (κ1) is 12.9. The maximum atomic E-state index is 9.67. The van der Waals surface area contributed by atoms with Crippen LogP contribution in [-0.4, -0.2) is 69.4 Å². The van der Waals surface area contributed by atoms with Crippen molar-refractivity contribution in [2.75, 3.05) is 19.7 Å². The van der Waals surface area contributed by atoms with Crippen LogP contribution in [0.5, 0.6) is 0 Å². The second kappa shape index (κ2) is 5.77. The molecule has 0 aromatic carbocycles. The Morgan fingerprint density at radius 1 is 1.20 bits per heavy atom. The first-order chi connectivity index (χ1) is 7.11. The molecule has 15 heavy (non-hydrogen) atoms. The summed E-state index contributed by atoms with van der Waals surface area (Å²) in [7, 11) is 0. The standard InChI is InChI=1S/C10H21NO4/c1-2-3-4-11-5-8(13)10(15)9(14)7(11)6-12/h7-10,12-15H,2-6H2,1H3/t7?,8-,9-,10-/m1/s1. The molecule has 1 aliphatic heterocycles. The van der Waals surface area contributed by atoms with Crippen LogP contribution in [0.4, 0.5) is 0 Å². The monoisotopic (exact) mass is 219 g/mol. The number of aliphatic hydroxyl groups excluding tert-OH is 4. The van der Waals surface area contributed by atoms with E-state index in [0.29, 0.717) is 6.54 Å². The van der Waals surface area contributed by atoms with Gasteiger partial charge in [0.25, 0.3) is 0 Å². The smallest absolute Gasteiger partial charge is 0.109 e. The van der Waals surface area contributed by atoms with E-state index < -0.39 is 24.4 Å². The van der Waals surface area contributed by atoms with E-state index in [1.54, 1.807) is 0 Å². The summed E-state index contributed by atoms with van der Waals surface area (Å²) in [5, 5.41) is 37.8. The molecule has 0 amide bonds. The normalized spacial score (nSPS) is 38.2. The lowest BCUT2D eigenvalue weighted by atomic mass is 9.94. The third kappa shape index (κ3) is 2.89. The molecule has 0 aromatic rings. The largest absolute Gasteiger partial charge is 0.395 e. The van der Waals surface area contributed by atoms with Crippen LogP contribution >= 0.6 is 0 Å². The van der Waals surface area contributed by atoms with Gasteiger partial charge in [-0.15, -0.1) is 0 Å². The Bertz CT molecular complexity index is 190. The average Bonchev–Trinajstić information content (AvgIpc) is 2.23. The molecule has 90 valence electrons. The van der Waals surface area contributed by atoms with Crippen molar-refractivity contribution in [1.82, 2.24) is 4.90 Å². The lowest BCUT2D eigenvalue weighted by Gasteiger charge is -2.43. The zero-order valence-corrected chi connectivity index (χ0v) is 9.08. The second-order valence-corrected chi connectivity index (χ2v) is 4.15. The van der Waals surface area contributed by atoms with Crippen LogP contribution in [0.25, 0.3) is 0 Å². The van der Waals surface area contributed by atoms with Crippen LogP contribution in [0, 0.1) is 0 Å². The molecule has 4 atom stereocenters. The van der Waals surface area contributed by atoms with Crippen LogP contribution in [0.2, 0.25) is 0 Å². The summed E-state index contributed by atoms with van der Waals surface area (Å²) in [5.41, 5.74) is 0. The van der Waals surface area contributed by atoms with Crippen molar-refractivity contribution in [1.29, 1.82) is 0 Å². The zero-order valence-electron chi connectivity index (χ0n) is 9.08. The van der Waals surface area contributed by atoms with Gasteiger partial charge >= 0.3 is 0 Å². The van der Waals surface area contributed by atoms with E-state index >= 15 is 0 Å². The molecule has 0 bridgehead atoms. The highest BCUT2D eigenvalue weighted by atomic mass is 16.4. The minimum absolute atomic E-state index is 0.200. The molecule has 0 aliphatic carbocycles. The highest BCUT2D eigenvalue weighted by Gasteiger charge is 2.40. The van der Waals surface area contributed by atoms with Gasteiger partial charge in [-0.1, -0.05) is 13.3 Å². The number of rotatable bonds is 4. The second-order valence-electron chi connectivity index (χ2n) is 4.15. The van der Waals surface area contributed by atoms with E-state index in [1.807, 2.05) is 4.90 Å². The number of likely N-dealkylation sites (tertiary alicyclic amines) is 1. The van der Waals surface area contributed by atoms with Gasteiger partial charge in [0.15, 0.2) is 0 Å². The SMILES string of the molecule is CCCCN1C[C@@H](O)[C@@H](O)[C@H](O)C1CO. The summed E-state index contributed by atoms with van der Waals surface area (Å²) in [5.74, 6) is 0. The lowest BCUT2D eigenvalue weighted by molar-refractivity contribution is -0.145. The van der Waals surface area contributed by atoms with Gasteiger partial charge in [-0.2, -0.15) is 0 Å².